The summed E-state index contributed by atoms with van der Waals surface area (Å²) in [5, 5.41) is 0. The third-order valence-corrected chi connectivity index (χ3v) is 6.64. The number of rotatable bonds is 25. The van der Waals surface area contributed by atoms with Gasteiger partial charge in [0.25, 0.3) is 0 Å². The number of esters is 1. The van der Waals surface area contributed by atoms with Crippen LogP contribution in [-0.4, -0.2) is 12.6 Å². The number of unbranched alkanes of at least 4 members (excludes halogenated alkanes) is 18. The van der Waals surface area contributed by atoms with E-state index in [1.165, 1.54) is 128 Å². The lowest BCUT2D eigenvalue weighted by Crippen LogP contribution is -2.18. The van der Waals surface area contributed by atoms with Crippen molar-refractivity contribution in [3.8, 4) is 0 Å². The Morgan fingerprint density at radius 3 is 1.19 bits per heavy atom. The first kappa shape index (κ1) is 30.5. The summed E-state index contributed by atoms with van der Waals surface area (Å²) in [6.45, 7) is 7.44. The van der Waals surface area contributed by atoms with Gasteiger partial charge in [0, 0.05) is 0 Å². The minimum Gasteiger partial charge on any atom is -0.465 e. The SMILES string of the molecule is CCCCCCCCCOC(=O)C(CCCCCCCCC)CCCCCCCCC. The predicted octanol–water partition coefficient (Wildman–Crippen LogP) is 10.2. The minimum absolute atomic E-state index is 0.1000. The number of carbonyl (C=O) groups excluding carboxylic acids is 1. The van der Waals surface area contributed by atoms with Crippen LogP contribution in [0.3, 0.4) is 0 Å². The third kappa shape index (κ3) is 22.5. The Kier molecular flexibility index (Phi) is 25.3. The maximum atomic E-state index is 12.7. The van der Waals surface area contributed by atoms with Crippen molar-refractivity contribution in [3.05, 3.63) is 0 Å². The Labute approximate surface area is 196 Å². The summed E-state index contributed by atoms with van der Waals surface area (Å²) in [4.78, 5) is 12.7. The molecule has 0 aliphatic carbocycles. The van der Waals surface area contributed by atoms with E-state index in [1.807, 2.05) is 0 Å². The molecule has 0 saturated carbocycles. The molecule has 0 aromatic rings. The van der Waals surface area contributed by atoms with Crippen LogP contribution >= 0.6 is 0 Å². The smallest absolute Gasteiger partial charge is 0.308 e. The second-order valence-electron chi connectivity index (χ2n) is 9.81. The van der Waals surface area contributed by atoms with Gasteiger partial charge in [-0.2, -0.15) is 0 Å². The van der Waals surface area contributed by atoms with Gasteiger partial charge in [-0.25, -0.2) is 0 Å². The number of carbonyl (C=O) groups is 1. The zero-order valence-corrected chi connectivity index (χ0v) is 21.9. The second-order valence-corrected chi connectivity index (χ2v) is 9.81. The van der Waals surface area contributed by atoms with Crippen molar-refractivity contribution in [2.45, 2.75) is 168 Å². The molecular formula is C29H58O2. The standard InChI is InChI=1S/C29H58O2/c1-4-7-10-13-16-19-22-25-28(26-23-20-17-14-11-8-5-2)29(30)31-27-24-21-18-15-12-9-6-3/h28H,4-27H2,1-3H3. The summed E-state index contributed by atoms with van der Waals surface area (Å²) < 4.78 is 5.71. The van der Waals surface area contributed by atoms with Gasteiger partial charge in [-0.05, 0) is 19.3 Å². The van der Waals surface area contributed by atoms with Crippen LogP contribution in [0, 0.1) is 5.92 Å². The highest BCUT2D eigenvalue weighted by Gasteiger charge is 2.19. The monoisotopic (exact) mass is 438 g/mol. The van der Waals surface area contributed by atoms with Crippen molar-refractivity contribution in [3.63, 3.8) is 0 Å². The van der Waals surface area contributed by atoms with Gasteiger partial charge in [-0.1, -0.05) is 149 Å². The van der Waals surface area contributed by atoms with E-state index in [0.717, 1.165) is 19.3 Å². The van der Waals surface area contributed by atoms with Crippen LogP contribution in [0.25, 0.3) is 0 Å². The topological polar surface area (TPSA) is 26.3 Å². The Morgan fingerprint density at radius 2 is 0.806 bits per heavy atom. The van der Waals surface area contributed by atoms with Gasteiger partial charge in [-0.3, -0.25) is 4.79 Å². The normalized spacial score (nSPS) is 11.4. The molecule has 0 spiro atoms. The molecule has 0 unspecified atom stereocenters. The molecule has 0 atom stereocenters. The number of hydrogen-bond donors (Lipinski definition) is 0. The molecular weight excluding hydrogens is 380 g/mol. The second kappa shape index (κ2) is 25.7. The molecule has 186 valence electrons. The maximum absolute atomic E-state index is 12.7. The molecule has 2 nitrogen and oxygen atoms in total. The van der Waals surface area contributed by atoms with Gasteiger partial charge in [0.2, 0.25) is 0 Å². The highest BCUT2D eigenvalue weighted by Crippen LogP contribution is 2.21. The summed E-state index contributed by atoms with van der Waals surface area (Å²) in [6, 6.07) is 0. The molecule has 0 radical (unpaired) electrons. The van der Waals surface area contributed by atoms with Gasteiger partial charge < -0.3 is 4.74 Å². The summed E-state index contributed by atoms with van der Waals surface area (Å²) in [7, 11) is 0. The average molecular weight is 439 g/mol. The van der Waals surface area contributed by atoms with Crippen molar-refractivity contribution in [1.29, 1.82) is 0 Å². The van der Waals surface area contributed by atoms with E-state index in [4.69, 9.17) is 4.74 Å². The summed E-state index contributed by atoms with van der Waals surface area (Å²) in [6.07, 6.45) is 29.4. The molecule has 31 heavy (non-hydrogen) atoms. The van der Waals surface area contributed by atoms with Crippen molar-refractivity contribution in [2.24, 2.45) is 5.92 Å². The first-order valence-electron chi connectivity index (χ1n) is 14.4. The lowest BCUT2D eigenvalue weighted by Gasteiger charge is -2.16. The average Bonchev–Trinajstić information content (AvgIpc) is 2.78. The lowest BCUT2D eigenvalue weighted by atomic mass is 9.94. The number of hydrogen-bond acceptors (Lipinski definition) is 2. The van der Waals surface area contributed by atoms with Crippen molar-refractivity contribution >= 4 is 5.97 Å². The van der Waals surface area contributed by atoms with Crippen molar-refractivity contribution in [2.75, 3.05) is 6.61 Å². The van der Waals surface area contributed by atoms with E-state index in [-0.39, 0.29) is 11.9 Å². The molecule has 0 fully saturated rings. The number of ether oxygens (including phenoxy) is 1. The van der Waals surface area contributed by atoms with Crippen LogP contribution in [0.2, 0.25) is 0 Å². The molecule has 0 amide bonds. The molecule has 0 saturated heterocycles. The van der Waals surface area contributed by atoms with Crippen molar-refractivity contribution in [1.82, 2.24) is 0 Å². The Balaban J connectivity index is 4.03. The van der Waals surface area contributed by atoms with Crippen LogP contribution < -0.4 is 0 Å². The van der Waals surface area contributed by atoms with E-state index in [0.29, 0.717) is 6.61 Å². The lowest BCUT2D eigenvalue weighted by molar-refractivity contribution is -0.149. The minimum atomic E-state index is 0.1000. The van der Waals surface area contributed by atoms with Gasteiger partial charge in [0.1, 0.15) is 0 Å². The Bertz CT molecular complexity index is 335. The van der Waals surface area contributed by atoms with Crippen LogP contribution in [-0.2, 0) is 9.53 Å². The maximum Gasteiger partial charge on any atom is 0.308 e. The Hall–Kier alpha value is -0.530. The first-order valence-corrected chi connectivity index (χ1v) is 14.4. The summed E-state index contributed by atoms with van der Waals surface area (Å²) in [5.41, 5.74) is 0. The molecule has 0 aliphatic rings. The van der Waals surface area contributed by atoms with Crippen LogP contribution in [0.1, 0.15) is 168 Å². The third-order valence-electron chi connectivity index (χ3n) is 6.64. The quantitative estimate of drug-likeness (QED) is 0.105. The van der Waals surface area contributed by atoms with Crippen molar-refractivity contribution < 1.29 is 9.53 Å². The Morgan fingerprint density at radius 1 is 0.484 bits per heavy atom. The molecule has 0 rings (SSSR count). The first-order chi connectivity index (χ1) is 15.3. The molecule has 0 N–H and O–H groups in total. The largest absolute Gasteiger partial charge is 0.465 e. The van der Waals surface area contributed by atoms with E-state index in [1.54, 1.807) is 0 Å². The fraction of sp³-hybridized carbons (Fsp3) is 0.966. The van der Waals surface area contributed by atoms with E-state index in [2.05, 4.69) is 20.8 Å². The van der Waals surface area contributed by atoms with E-state index < -0.39 is 0 Å². The molecule has 0 aromatic carbocycles. The van der Waals surface area contributed by atoms with Gasteiger partial charge >= 0.3 is 5.97 Å². The highest BCUT2D eigenvalue weighted by atomic mass is 16.5. The molecule has 2 heteroatoms. The van der Waals surface area contributed by atoms with Crippen LogP contribution in [0.4, 0.5) is 0 Å². The zero-order chi connectivity index (χ0) is 22.8. The van der Waals surface area contributed by atoms with E-state index >= 15 is 0 Å². The molecule has 0 bridgehead atoms. The predicted molar refractivity (Wildman–Crippen MR) is 138 cm³/mol. The van der Waals surface area contributed by atoms with Gasteiger partial charge in [0.15, 0.2) is 0 Å². The molecule has 0 heterocycles. The van der Waals surface area contributed by atoms with E-state index in [9.17, 15) is 4.79 Å². The van der Waals surface area contributed by atoms with Crippen LogP contribution in [0.5, 0.6) is 0 Å². The summed E-state index contributed by atoms with van der Waals surface area (Å²) in [5.74, 6) is 0.249. The fourth-order valence-corrected chi connectivity index (χ4v) is 4.43. The summed E-state index contributed by atoms with van der Waals surface area (Å²) >= 11 is 0. The van der Waals surface area contributed by atoms with Gasteiger partial charge in [0.05, 0.1) is 12.5 Å². The van der Waals surface area contributed by atoms with Crippen LogP contribution in [0.15, 0.2) is 0 Å². The molecule has 0 aliphatic heterocycles. The van der Waals surface area contributed by atoms with Gasteiger partial charge in [-0.15, -0.1) is 0 Å². The molecule has 0 aromatic heterocycles. The zero-order valence-electron chi connectivity index (χ0n) is 21.9. The highest BCUT2D eigenvalue weighted by molar-refractivity contribution is 5.72. The fourth-order valence-electron chi connectivity index (χ4n) is 4.43.